The van der Waals surface area contributed by atoms with Crippen molar-refractivity contribution in [3.05, 3.63) is 6.33 Å². The maximum absolute atomic E-state index is 11.9. The minimum atomic E-state index is -0.866. The largest absolute Gasteiger partial charge is 0.451 e. The molecule has 20 heavy (non-hydrogen) atoms. The van der Waals surface area contributed by atoms with Gasteiger partial charge in [0.2, 0.25) is 5.95 Å². The molecule has 1 aromatic rings. The molecule has 0 aliphatic heterocycles. The van der Waals surface area contributed by atoms with Crippen molar-refractivity contribution < 1.29 is 14.3 Å². The summed E-state index contributed by atoms with van der Waals surface area (Å²) in [5, 5.41) is 6.57. The van der Waals surface area contributed by atoms with Crippen molar-refractivity contribution in [3.63, 3.8) is 0 Å². The molecule has 1 aromatic heterocycles. The molecule has 0 fully saturated rings. The number of nitrogens with two attached hydrogens (primary N) is 1. The number of anilines is 1. The van der Waals surface area contributed by atoms with Gasteiger partial charge in [0.1, 0.15) is 12.9 Å². The summed E-state index contributed by atoms with van der Waals surface area (Å²) in [6.07, 6.45) is 1.23. The minimum Gasteiger partial charge on any atom is -0.451 e. The predicted molar refractivity (Wildman–Crippen MR) is 72.5 cm³/mol. The summed E-state index contributed by atoms with van der Waals surface area (Å²) in [5.74, 6) is -0.830. The molecular weight excluding hydrogens is 262 g/mol. The van der Waals surface area contributed by atoms with Gasteiger partial charge in [-0.05, 0) is 27.2 Å². The highest BCUT2D eigenvalue weighted by Gasteiger charge is 2.24. The lowest BCUT2D eigenvalue weighted by atomic mass is 10.0. The second-order valence-electron chi connectivity index (χ2n) is 5.16. The van der Waals surface area contributed by atoms with Gasteiger partial charge in [0.15, 0.2) is 6.10 Å². The lowest BCUT2D eigenvalue weighted by Crippen LogP contribution is -2.47. The van der Waals surface area contributed by atoms with E-state index in [1.807, 2.05) is 20.8 Å². The molecule has 1 rings (SSSR count). The quantitative estimate of drug-likeness (QED) is 0.716. The number of rotatable bonds is 6. The van der Waals surface area contributed by atoms with Gasteiger partial charge in [0.05, 0.1) is 0 Å². The number of aromatic nitrogens is 3. The number of amides is 1. The topological polar surface area (TPSA) is 112 Å². The zero-order valence-electron chi connectivity index (χ0n) is 12.2. The lowest BCUT2D eigenvalue weighted by Gasteiger charge is -2.26. The van der Waals surface area contributed by atoms with Crippen LogP contribution in [0.4, 0.5) is 5.95 Å². The van der Waals surface area contributed by atoms with Crippen molar-refractivity contribution in [2.24, 2.45) is 0 Å². The van der Waals surface area contributed by atoms with Crippen LogP contribution < -0.4 is 11.1 Å². The van der Waals surface area contributed by atoms with Gasteiger partial charge in [-0.15, -0.1) is 5.10 Å². The average Bonchev–Trinajstić information content (AvgIpc) is 2.73. The number of carbonyl (C=O) groups is 2. The lowest BCUT2D eigenvalue weighted by molar-refractivity contribution is -0.156. The van der Waals surface area contributed by atoms with Crippen LogP contribution in [0.2, 0.25) is 0 Å². The van der Waals surface area contributed by atoms with E-state index in [-0.39, 0.29) is 23.9 Å². The van der Waals surface area contributed by atoms with Crippen molar-refractivity contribution in [1.29, 1.82) is 0 Å². The van der Waals surface area contributed by atoms with Crippen molar-refractivity contribution in [3.8, 4) is 0 Å². The summed E-state index contributed by atoms with van der Waals surface area (Å²) in [5.41, 5.74) is 4.99. The van der Waals surface area contributed by atoms with Gasteiger partial charge < -0.3 is 15.8 Å². The van der Waals surface area contributed by atoms with E-state index in [4.69, 9.17) is 10.5 Å². The Morgan fingerprint density at radius 1 is 1.55 bits per heavy atom. The first-order valence-electron chi connectivity index (χ1n) is 6.40. The molecule has 0 saturated carbocycles. The molecule has 3 N–H and O–H groups in total. The Labute approximate surface area is 117 Å². The fourth-order valence-electron chi connectivity index (χ4n) is 1.33. The number of nitrogens with zero attached hydrogens (tertiary/aromatic N) is 3. The van der Waals surface area contributed by atoms with Crippen LogP contribution in [0.3, 0.4) is 0 Å². The van der Waals surface area contributed by atoms with Crippen LogP contribution in [0.25, 0.3) is 0 Å². The molecule has 8 heteroatoms. The number of esters is 1. The second-order valence-corrected chi connectivity index (χ2v) is 5.16. The van der Waals surface area contributed by atoms with E-state index >= 15 is 0 Å². The summed E-state index contributed by atoms with van der Waals surface area (Å²) in [7, 11) is 0. The van der Waals surface area contributed by atoms with E-state index < -0.39 is 12.1 Å². The van der Waals surface area contributed by atoms with Crippen LogP contribution in [0.1, 0.15) is 34.1 Å². The maximum atomic E-state index is 11.9. The maximum Gasteiger partial charge on any atom is 0.328 e. The van der Waals surface area contributed by atoms with Gasteiger partial charge in [-0.1, -0.05) is 6.92 Å². The Balaban J connectivity index is 2.47. The number of hydrogen-bond acceptors (Lipinski definition) is 6. The molecule has 0 saturated heterocycles. The highest BCUT2D eigenvalue weighted by atomic mass is 16.5. The Bertz CT molecular complexity index is 483. The number of hydrogen-bond donors (Lipinski definition) is 2. The summed E-state index contributed by atoms with van der Waals surface area (Å²) in [6.45, 7) is 7.15. The predicted octanol–water partition coefficient (Wildman–Crippen LogP) is 0.0968. The molecule has 1 unspecified atom stereocenters. The number of ether oxygens (including phenoxy) is 1. The summed E-state index contributed by atoms with van der Waals surface area (Å²) < 4.78 is 6.28. The minimum absolute atomic E-state index is 0.0771. The molecule has 0 spiro atoms. The van der Waals surface area contributed by atoms with E-state index in [1.54, 1.807) is 0 Å². The molecule has 0 bridgehead atoms. The molecular formula is C12H21N5O3. The smallest absolute Gasteiger partial charge is 0.328 e. The van der Waals surface area contributed by atoms with Crippen LogP contribution in [0, 0.1) is 0 Å². The van der Waals surface area contributed by atoms with Crippen molar-refractivity contribution in [2.45, 2.75) is 52.3 Å². The number of carbonyl (C=O) groups excluding carboxylic acids is 2. The molecule has 112 valence electrons. The second kappa shape index (κ2) is 6.36. The van der Waals surface area contributed by atoms with Crippen LogP contribution in [-0.4, -0.2) is 38.3 Å². The first kappa shape index (κ1) is 15.9. The average molecular weight is 283 g/mol. The first-order chi connectivity index (χ1) is 9.23. The molecule has 0 aliphatic rings. The van der Waals surface area contributed by atoms with E-state index in [0.29, 0.717) is 0 Å². The van der Waals surface area contributed by atoms with Gasteiger partial charge in [0.25, 0.3) is 5.91 Å². The van der Waals surface area contributed by atoms with Crippen molar-refractivity contribution in [1.82, 2.24) is 20.1 Å². The molecule has 0 radical (unpaired) electrons. The normalized spacial score (nSPS) is 12.8. The Morgan fingerprint density at radius 2 is 2.20 bits per heavy atom. The van der Waals surface area contributed by atoms with Gasteiger partial charge in [-0.25, -0.2) is 9.67 Å². The van der Waals surface area contributed by atoms with E-state index in [2.05, 4.69) is 15.4 Å². The zero-order chi connectivity index (χ0) is 15.3. The molecule has 1 atom stereocenters. The molecule has 1 amide bonds. The summed E-state index contributed by atoms with van der Waals surface area (Å²) in [6, 6.07) is 0. The third kappa shape index (κ3) is 4.87. The first-order valence-corrected chi connectivity index (χ1v) is 6.40. The van der Waals surface area contributed by atoms with E-state index in [9.17, 15) is 9.59 Å². The number of nitrogens with one attached hydrogen (secondary N) is 1. The zero-order valence-corrected chi connectivity index (χ0v) is 12.2. The van der Waals surface area contributed by atoms with Gasteiger partial charge >= 0.3 is 5.97 Å². The van der Waals surface area contributed by atoms with Gasteiger partial charge in [0, 0.05) is 5.54 Å². The Morgan fingerprint density at radius 3 is 2.70 bits per heavy atom. The molecule has 8 nitrogen and oxygen atoms in total. The monoisotopic (exact) mass is 283 g/mol. The SMILES string of the molecule is CCC(C)(C)NC(=O)C(C)OC(=O)Cn1cnc(N)n1. The van der Waals surface area contributed by atoms with Crippen molar-refractivity contribution >= 4 is 17.8 Å². The fraction of sp³-hybridized carbons (Fsp3) is 0.667. The Kier molecular flexibility index (Phi) is 5.06. The van der Waals surface area contributed by atoms with E-state index in [1.165, 1.54) is 17.9 Å². The highest BCUT2D eigenvalue weighted by Crippen LogP contribution is 2.08. The Hall–Kier alpha value is -2.12. The third-order valence-electron chi connectivity index (χ3n) is 2.87. The number of nitrogen functional groups attached to an aromatic ring is 1. The molecule has 1 heterocycles. The van der Waals surface area contributed by atoms with Crippen LogP contribution in [0.5, 0.6) is 0 Å². The van der Waals surface area contributed by atoms with Gasteiger partial charge in [-0.3, -0.25) is 9.59 Å². The standard InChI is InChI=1S/C12H21N5O3/c1-5-12(3,4)15-10(19)8(2)20-9(18)6-17-7-14-11(13)16-17/h7-8H,5-6H2,1-4H3,(H2,13,16)(H,15,19). The summed E-state index contributed by atoms with van der Waals surface area (Å²) in [4.78, 5) is 27.2. The van der Waals surface area contributed by atoms with Crippen LogP contribution >= 0.6 is 0 Å². The van der Waals surface area contributed by atoms with Crippen molar-refractivity contribution in [2.75, 3.05) is 5.73 Å². The van der Waals surface area contributed by atoms with Crippen LogP contribution in [0.15, 0.2) is 6.33 Å². The highest BCUT2D eigenvalue weighted by molar-refractivity contribution is 5.83. The third-order valence-corrected chi connectivity index (χ3v) is 2.87. The van der Waals surface area contributed by atoms with Gasteiger partial charge in [-0.2, -0.15) is 0 Å². The molecule has 0 aliphatic carbocycles. The van der Waals surface area contributed by atoms with Crippen LogP contribution in [-0.2, 0) is 20.9 Å². The van der Waals surface area contributed by atoms with E-state index in [0.717, 1.165) is 6.42 Å². The fourth-order valence-corrected chi connectivity index (χ4v) is 1.33. The summed E-state index contributed by atoms with van der Waals surface area (Å²) >= 11 is 0. The molecule has 0 aromatic carbocycles.